The zero-order valence-electron chi connectivity index (χ0n) is 20.9. The molecule has 0 aromatic carbocycles. The van der Waals surface area contributed by atoms with Crippen molar-refractivity contribution in [1.29, 1.82) is 0 Å². The molecule has 3 saturated heterocycles. The van der Waals surface area contributed by atoms with Gasteiger partial charge in [-0.25, -0.2) is 14.8 Å². The number of aromatic nitrogens is 2. The van der Waals surface area contributed by atoms with Crippen molar-refractivity contribution in [1.82, 2.24) is 9.97 Å². The first-order valence-corrected chi connectivity index (χ1v) is 13.8. The van der Waals surface area contributed by atoms with Gasteiger partial charge in [-0.1, -0.05) is 38.5 Å². The SMILES string of the molecule is O=C(C[N+]12CCC(CC1)[C@@H](OC(=O)C(O)(C1CCCCC1)C1CCCCC1)C2)Nc1cncnc1. The number of piperidine rings is 3. The molecule has 6 rings (SSSR count). The maximum absolute atomic E-state index is 13.8. The van der Waals surface area contributed by atoms with E-state index < -0.39 is 5.60 Å². The third-order valence-electron chi connectivity index (χ3n) is 9.41. The van der Waals surface area contributed by atoms with Crippen LogP contribution in [-0.4, -0.2) is 69.3 Å². The molecule has 1 amide bonds. The highest BCUT2D eigenvalue weighted by Crippen LogP contribution is 2.45. The zero-order chi connectivity index (χ0) is 24.3. The van der Waals surface area contributed by atoms with Crippen molar-refractivity contribution in [3.63, 3.8) is 0 Å². The quantitative estimate of drug-likeness (QED) is 0.453. The molecule has 2 aliphatic carbocycles. The molecule has 3 aliphatic heterocycles. The lowest BCUT2D eigenvalue weighted by atomic mass is 9.66. The summed E-state index contributed by atoms with van der Waals surface area (Å²) in [5.74, 6) is -0.0957. The standard InChI is InChI=1S/C27H40N4O4/c32-25(30-23-15-28-19-29-16-23)18-31-13-11-20(12-14-31)24(17-31)35-26(33)27(34,21-7-3-1-4-8-21)22-9-5-2-6-10-22/h15-16,19-22,24,34H,1-14,17-18H2/p+1/t20?,24-,31?/m0/s1. The normalized spacial score (nSPS) is 30.1. The molecule has 0 spiro atoms. The Bertz CT molecular complexity index is 856. The predicted octanol–water partition coefficient (Wildman–Crippen LogP) is 3.46. The number of quaternary nitrogens is 1. The minimum absolute atomic E-state index is 0.00921. The van der Waals surface area contributed by atoms with Crippen molar-refractivity contribution in [3.8, 4) is 0 Å². The number of rotatable bonds is 7. The number of nitrogens with one attached hydrogen (secondary N) is 1. The number of esters is 1. The number of carbonyl (C=O) groups excluding carboxylic acids is 2. The highest BCUT2D eigenvalue weighted by Gasteiger charge is 2.54. The summed E-state index contributed by atoms with van der Waals surface area (Å²) in [4.78, 5) is 34.6. The molecule has 2 bridgehead atoms. The molecule has 35 heavy (non-hydrogen) atoms. The molecule has 0 unspecified atom stereocenters. The van der Waals surface area contributed by atoms with Gasteiger partial charge in [0.25, 0.3) is 5.91 Å². The number of amides is 1. The second-order valence-corrected chi connectivity index (χ2v) is 11.6. The Hall–Kier alpha value is -2.06. The van der Waals surface area contributed by atoms with E-state index in [0.717, 1.165) is 77.3 Å². The first-order chi connectivity index (χ1) is 17.0. The largest absolute Gasteiger partial charge is 0.454 e. The van der Waals surface area contributed by atoms with Crippen LogP contribution in [-0.2, 0) is 14.3 Å². The third kappa shape index (κ3) is 5.24. The summed E-state index contributed by atoms with van der Waals surface area (Å²) in [5, 5.41) is 15.0. The predicted molar refractivity (Wildman–Crippen MR) is 131 cm³/mol. The van der Waals surface area contributed by atoms with Crippen molar-refractivity contribution in [2.45, 2.75) is 88.8 Å². The first-order valence-electron chi connectivity index (χ1n) is 13.8. The summed E-state index contributed by atoms with van der Waals surface area (Å²) in [7, 11) is 0. The molecular formula is C27H41N4O4+. The van der Waals surface area contributed by atoms with E-state index in [0.29, 0.717) is 29.2 Å². The Balaban J connectivity index is 1.27. The van der Waals surface area contributed by atoms with E-state index in [1.54, 1.807) is 12.4 Å². The summed E-state index contributed by atoms with van der Waals surface area (Å²) < 4.78 is 6.90. The van der Waals surface area contributed by atoms with Crippen LogP contribution >= 0.6 is 0 Å². The molecule has 0 radical (unpaired) electrons. The van der Waals surface area contributed by atoms with E-state index in [2.05, 4.69) is 15.3 Å². The smallest absolute Gasteiger partial charge is 0.339 e. The lowest BCUT2D eigenvalue weighted by molar-refractivity contribution is -0.939. The lowest BCUT2D eigenvalue weighted by Gasteiger charge is -2.52. The Labute approximate surface area is 208 Å². The van der Waals surface area contributed by atoms with E-state index >= 15 is 0 Å². The number of hydrogen-bond donors (Lipinski definition) is 2. The van der Waals surface area contributed by atoms with Gasteiger partial charge in [0.2, 0.25) is 0 Å². The number of hydrogen-bond acceptors (Lipinski definition) is 6. The fourth-order valence-electron chi connectivity index (χ4n) is 7.43. The van der Waals surface area contributed by atoms with Crippen molar-refractivity contribution in [3.05, 3.63) is 18.7 Å². The van der Waals surface area contributed by atoms with Crippen LogP contribution in [0.25, 0.3) is 0 Å². The van der Waals surface area contributed by atoms with Crippen LogP contribution in [0.1, 0.15) is 77.0 Å². The van der Waals surface area contributed by atoms with Crippen molar-refractivity contribution < 1.29 is 23.9 Å². The van der Waals surface area contributed by atoms with Crippen LogP contribution in [0, 0.1) is 17.8 Å². The average molecular weight is 486 g/mol. The molecule has 8 heteroatoms. The Morgan fingerprint density at radius 3 is 2.09 bits per heavy atom. The van der Waals surface area contributed by atoms with Gasteiger partial charge in [0.1, 0.15) is 12.9 Å². The van der Waals surface area contributed by atoms with Gasteiger partial charge in [-0.15, -0.1) is 0 Å². The van der Waals surface area contributed by atoms with Gasteiger partial charge in [0.15, 0.2) is 18.2 Å². The van der Waals surface area contributed by atoms with Crippen LogP contribution in [0.5, 0.6) is 0 Å². The van der Waals surface area contributed by atoms with Gasteiger partial charge in [-0.2, -0.15) is 0 Å². The zero-order valence-corrected chi connectivity index (χ0v) is 20.9. The Kier molecular flexibility index (Phi) is 7.39. The molecule has 192 valence electrons. The van der Waals surface area contributed by atoms with Crippen LogP contribution in [0.3, 0.4) is 0 Å². The lowest BCUT2D eigenvalue weighted by Crippen LogP contribution is -2.67. The van der Waals surface area contributed by atoms with Gasteiger partial charge in [0, 0.05) is 18.8 Å². The average Bonchev–Trinajstić information content (AvgIpc) is 2.90. The fraction of sp³-hybridized carbons (Fsp3) is 0.778. The molecule has 5 aliphatic rings. The van der Waals surface area contributed by atoms with E-state index in [9.17, 15) is 14.7 Å². The van der Waals surface area contributed by atoms with E-state index in [1.165, 1.54) is 19.2 Å². The van der Waals surface area contributed by atoms with E-state index in [4.69, 9.17) is 4.74 Å². The maximum Gasteiger partial charge on any atom is 0.339 e. The van der Waals surface area contributed by atoms with Crippen LogP contribution < -0.4 is 5.32 Å². The number of nitrogens with zero attached hydrogens (tertiary/aromatic N) is 3. The minimum atomic E-state index is -1.36. The maximum atomic E-state index is 13.8. The molecular weight excluding hydrogens is 444 g/mol. The molecule has 8 nitrogen and oxygen atoms in total. The van der Waals surface area contributed by atoms with E-state index in [1.807, 2.05) is 0 Å². The van der Waals surface area contributed by atoms with Gasteiger partial charge in [-0.3, -0.25) is 4.79 Å². The minimum Gasteiger partial charge on any atom is -0.454 e. The van der Waals surface area contributed by atoms with Gasteiger partial charge in [-0.05, 0) is 37.5 Å². The van der Waals surface area contributed by atoms with Gasteiger partial charge in [0.05, 0.1) is 31.2 Å². The van der Waals surface area contributed by atoms with Gasteiger partial charge >= 0.3 is 5.97 Å². The summed E-state index contributed by atoms with van der Waals surface area (Å²) in [6, 6.07) is 0. The summed E-state index contributed by atoms with van der Waals surface area (Å²) in [5.41, 5.74) is -0.766. The fourth-order valence-corrected chi connectivity index (χ4v) is 7.43. The third-order valence-corrected chi connectivity index (χ3v) is 9.41. The summed E-state index contributed by atoms with van der Waals surface area (Å²) in [6.45, 7) is 2.85. The van der Waals surface area contributed by atoms with Crippen molar-refractivity contribution >= 4 is 17.6 Å². The summed E-state index contributed by atoms with van der Waals surface area (Å²) in [6.07, 6.45) is 16.7. The number of ether oxygens (including phenoxy) is 1. The molecule has 4 heterocycles. The van der Waals surface area contributed by atoms with Crippen LogP contribution in [0.2, 0.25) is 0 Å². The van der Waals surface area contributed by atoms with E-state index in [-0.39, 0.29) is 29.8 Å². The topological polar surface area (TPSA) is 101 Å². The van der Waals surface area contributed by atoms with Crippen LogP contribution in [0.4, 0.5) is 5.69 Å². The molecule has 2 saturated carbocycles. The van der Waals surface area contributed by atoms with Crippen molar-refractivity contribution in [2.75, 3.05) is 31.5 Å². The number of aliphatic hydroxyl groups is 1. The second kappa shape index (κ2) is 10.5. The second-order valence-electron chi connectivity index (χ2n) is 11.6. The Morgan fingerprint density at radius 1 is 0.943 bits per heavy atom. The highest BCUT2D eigenvalue weighted by molar-refractivity contribution is 5.91. The summed E-state index contributed by atoms with van der Waals surface area (Å²) >= 11 is 0. The monoisotopic (exact) mass is 485 g/mol. The molecule has 1 aromatic rings. The number of anilines is 1. The first kappa shape index (κ1) is 24.6. The molecule has 1 aromatic heterocycles. The number of carbonyl (C=O) groups is 2. The van der Waals surface area contributed by atoms with Crippen LogP contribution in [0.15, 0.2) is 18.7 Å². The van der Waals surface area contributed by atoms with Gasteiger partial charge < -0.3 is 19.6 Å². The highest BCUT2D eigenvalue weighted by atomic mass is 16.6. The molecule has 1 atom stereocenters. The Morgan fingerprint density at radius 2 is 1.51 bits per heavy atom. The molecule has 5 fully saturated rings. The van der Waals surface area contributed by atoms with Crippen molar-refractivity contribution in [2.24, 2.45) is 17.8 Å². The molecule has 2 N–H and O–H groups in total. The number of fused-ring (bicyclic) bond motifs is 3.